The molecule has 2 N–H and O–H groups in total. The summed E-state index contributed by atoms with van der Waals surface area (Å²) in [6, 6.07) is 2.67. The molecule has 5 nitrogen and oxygen atoms in total. The van der Waals surface area contributed by atoms with Crippen molar-refractivity contribution in [3.8, 4) is 0 Å². The van der Waals surface area contributed by atoms with Crippen LogP contribution in [0, 0.1) is 0 Å². The topological polar surface area (TPSA) is 61.7 Å². The van der Waals surface area contributed by atoms with Crippen LogP contribution >= 0.6 is 0 Å². The van der Waals surface area contributed by atoms with E-state index in [0.717, 1.165) is 18.5 Å². The third-order valence-electron chi connectivity index (χ3n) is 3.27. The van der Waals surface area contributed by atoms with Crippen molar-refractivity contribution in [2.75, 3.05) is 0 Å². The molecule has 0 radical (unpaired) electrons. The van der Waals surface area contributed by atoms with Crippen LogP contribution in [0.15, 0.2) is 24.7 Å². The Morgan fingerprint density at radius 1 is 1.37 bits per heavy atom. The highest BCUT2D eigenvalue weighted by molar-refractivity contribution is 5.08. The zero-order valence-corrected chi connectivity index (χ0v) is 12.0. The minimum Gasteiger partial charge on any atom is -0.328 e. The molecular weight excluding hydrogens is 238 g/mol. The molecule has 2 heterocycles. The first-order chi connectivity index (χ1) is 9.08. The molecule has 2 unspecified atom stereocenters. The molecule has 104 valence electrons. The second kappa shape index (κ2) is 6.02. The molecule has 0 aromatic carbocycles. The third kappa shape index (κ3) is 3.67. The molecule has 0 spiro atoms. The predicted octanol–water partition coefficient (Wildman–Crippen LogP) is 1.99. The normalized spacial score (nSPS) is 14.5. The molecule has 0 bridgehead atoms. The SMILES string of the molecule is CCC(C)n1ccc(Cn2cc(CC(C)N)cn2)n1. The van der Waals surface area contributed by atoms with Crippen molar-refractivity contribution in [2.45, 2.75) is 52.2 Å². The maximum Gasteiger partial charge on any atom is 0.0849 e. The minimum atomic E-state index is 0.169. The lowest BCUT2D eigenvalue weighted by atomic mass is 10.1. The van der Waals surface area contributed by atoms with E-state index in [-0.39, 0.29) is 6.04 Å². The average Bonchev–Trinajstić information content (AvgIpc) is 2.98. The summed E-state index contributed by atoms with van der Waals surface area (Å²) >= 11 is 0. The molecule has 2 aromatic heterocycles. The lowest BCUT2D eigenvalue weighted by molar-refractivity contribution is 0.471. The van der Waals surface area contributed by atoms with E-state index < -0.39 is 0 Å². The number of aromatic nitrogens is 4. The van der Waals surface area contributed by atoms with Gasteiger partial charge >= 0.3 is 0 Å². The summed E-state index contributed by atoms with van der Waals surface area (Å²) in [6.07, 6.45) is 7.92. The lowest BCUT2D eigenvalue weighted by Crippen LogP contribution is -2.17. The number of hydrogen-bond donors (Lipinski definition) is 1. The lowest BCUT2D eigenvalue weighted by Gasteiger charge is -2.08. The summed E-state index contributed by atoms with van der Waals surface area (Å²) in [5, 5.41) is 8.93. The second-order valence-electron chi connectivity index (χ2n) is 5.27. The van der Waals surface area contributed by atoms with Crippen LogP contribution in [0.5, 0.6) is 0 Å². The van der Waals surface area contributed by atoms with Crippen molar-refractivity contribution in [2.24, 2.45) is 5.73 Å². The molecule has 2 atom stereocenters. The first-order valence-corrected chi connectivity index (χ1v) is 6.89. The van der Waals surface area contributed by atoms with Crippen LogP contribution in [0.25, 0.3) is 0 Å². The van der Waals surface area contributed by atoms with Gasteiger partial charge in [0.25, 0.3) is 0 Å². The largest absolute Gasteiger partial charge is 0.328 e. The highest BCUT2D eigenvalue weighted by Gasteiger charge is 2.06. The Morgan fingerprint density at radius 3 is 2.84 bits per heavy atom. The number of hydrogen-bond acceptors (Lipinski definition) is 3. The van der Waals surface area contributed by atoms with E-state index >= 15 is 0 Å². The Balaban J connectivity index is 2.00. The molecule has 0 saturated heterocycles. The molecule has 2 aromatic rings. The van der Waals surface area contributed by atoms with Crippen LogP contribution < -0.4 is 5.73 Å². The van der Waals surface area contributed by atoms with Crippen molar-refractivity contribution in [3.05, 3.63) is 35.9 Å². The highest BCUT2D eigenvalue weighted by atomic mass is 15.3. The molecule has 0 aliphatic carbocycles. The Labute approximate surface area is 114 Å². The third-order valence-corrected chi connectivity index (χ3v) is 3.27. The van der Waals surface area contributed by atoms with Gasteiger partial charge in [-0.05, 0) is 38.3 Å². The fourth-order valence-electron chi connectivity index (χ4n) is 2.03. The van der Waals surface area contributed by atoms with Gasteiger partial charge in [0, 0.05) is 24.5 Å². The van der Waals surface area contributed by atoms with E-state index in [9.17, 15) is 0 Å². The minimum absolute atomic E-state index is 0.169. The summed E-state index contributed by atoms with van der Waals surface area (Å²) in [7, 11) is 0. The summed E-state index contributed by atoms with van der Waals surface area (Å²) in [4.78, 5) is 0. The Morgan fingerprint density at radius 2 is 2.16 bits per heavy atom. The van der Waals surface area contributed by atoms with E-state index in [4.69, 9.17) is 5.73 Å². The highest BCUT2D eigenvalue weighted by Crippen LogP contribution is 2.10. The first kappa shape index (κ1) is 13.8. The van der Waals surface area contributed by atoms with Gasteiger partial charge in [-0.25, -0.2) is 0 Å². The molecule has 5 heteroatoms. The zero-order chi connectivity index (χ0) is 13.8. The summed E-state index contributed by atoms with van der Waals surface area (Å²) < 4.78 is 3.93. The smallest absolute Gasteiger partial charge is 0.0849 e. The standard InChI is InChI=1S/C14H23N5/c1-4-12(3)19-6-5-14(17-19)10-18-9-13(8-16-18)7-11(2)15/h5-6,8-9,11-12H,4,7,10,15H2,1-3H3. The van der Waals surface area contributed by atoms with Gasteiger partial charge in [0.15, 0.2) is 0 Å². The van der Waals surface area contributed by atoms with Crippen molar-refractivity contribution < 1.29 is 0 Å². The Hall–Kier alpha value is -1.62. The van der Waals surface area contributed by atoms with Gasteiger partial charge in [-0.1, -0.05) is 6.92 Å². The fraction of sp³-hybridized carbons (Fsp3) is 0.571. The van der Waals surface area contributed by atoms with Gasteiger partial charge in [-0.3, -0.25) is 9.36 Å². The van der Waals surface area contributed by atoms with Crippen molar-refractivity contribution in [1.29, 1.82) is 0 Å². The molecule has 2 rings (SSSR count). The molecule has 0 fully saturated rings. The Kier molecular flexibility index (Phi) is 4.37. The van der Waals surface area contributed by atoms with Gasteiger partial charge in [0.05, 0.1) is 18.4 Å². The molecule has 0 aliphatic heterocycles. The summed E-state index contributed by atoms with van der Waals surface area (Å²) in [5.74, 6) is 0. The molecule has 0 saturated carbocycles. The Bertz CT molecular complexity index is 511. The van der Waals surface area contributed by atoms with Gasteiger partial charge in [0.2, 0.25) is 0 Å². The summed E-state index contributed by atoms with van der Waals surface area (Å²) in [6.45, 7) is 7.05. The van der Waals surface area contributed by atoms with Crippen molar-refractivity contribution >= 4 is 0 Å². The van der Waals surface area contributed by atoms with E-state index in [0.29, 0.717) is 12.6 Å². The average molecular weight is 261 g/mol. The maximum absolute atomic E-state index is 5.79. The van der Waals surface area contributed by atoms with Gasteiger partial charge in [-0.2, -0.15) is 10.2 Å². The number of nitrogens with two attached hydrogens (primary N) is 1. The molecule has 0 amide bonds. The van der Waals surface area contributed by atoms with Gasteiger partial charge in [-0.15, -0.1) is 0 Å². The molecule has 0 aliphatic rings. The molecule has 19 heavy (non-hydrogen) atoms. The van der Waals surface area contributed by atoms with Gasteiger partial charge < -0.3 is 5.73 Å². The van der Waals surface area contributed by atoms with Crippen LogP contribution in [-0.4, -0.2) is 25.6 Å². The van der Waals surface area contributed by atoms with Crippen LogP contribution in [-0.2, 0) is 13.0 Å². The second-order valence-corrected chi connectivity index (χ2v) is 5.27. The maximum atomic E-state index is 5.79. The van der Waals surface area contributed by atoms with Crippen LogP contribution in [0.2, 0.25) is 0 Å². The van der Waals surface area contributed by atoms with Crippen LogP contribution in [0.1, 0.15) is 44.5 Å². The van der Waals surface area contributed by atoms with E-state index in [2.05, 4.69) is 30.1 Å². The fourth-order valence-corrected chi connectivity index (χ4v) is 2.03. The van der Waals surface area contributed by atoms with E-state index in [1.54, 1.807) is 0 Å². The van der Waals surface area contributed by atoms with Gasteiger partial charge in [0.1, 0.15) is 0 Å². The van der Waals surface area contributed by atoms with Crippen LogP contribution in [0.4, 0.5) is 0 Å². The quantitative estimate of drug-likeness (QED) is 0.865. The van der Waals surface area contributed by atoms with Crippen molar-refractivity contribution in [3.63, 3.8) is 0 Å². The number of nitrogens with zero attached hydrogens (tertiary/aromatic N) is 4. The number of rotatable bonds is 6. The van der Waals surface area contributed by atoms with E-state index in [1.165, 1.54) is 5.56 Å². The zero-order valence-electron chi connectivity index (χ0n) is 12.0. The summed E-state index contributed by atoms with van der Waals surface area (Å²) in [5.41, 5.74) is 8.00. The van der Waals surface area contributed by atoms with Crippen molar-refractivity contribution in [1.82, 2.24) is 19.6 Å². The van der Waals surface area contributed by atoms with Crippen LogP contribution in [0.3, 0.4) is 0 Å². The van der Waals surface area contributed by atoms with E-state index in [1.807, 2.05) is 34.9 Å². The first-order valence-electron chi connectivity index (χ1n) is 6.89. The monoisotopic (exact) mass is 261 g/mol. The predicted molar refractivity (Wildman–Crippen MR) is 75.9 cm³/mol. The molecular formula is C14H23N5.